The summed E-state index contributed by atoms with van der Waals surface area (Å²) in [6, 6.07) is 0. The lowest BCUT2D eigenvalue weighted by Gasteiger charge is -2.02. The molecule has 0 unspecified atom stereocenters. The molecule has 0 saturated carbocycles. The van der Waals surface area contributed by atoms with Crippen LogP contribution in [0.3, 0.4) is 0 Å². The third-order valence-electron chi connectivity index (χ3n) is 1.81. The minimum Gasteiger partial charge on any atom is -0.466 e. The van der Waals surface area contributed by atoms with Crippen molar-refractivity contribution in [2.24, 2.45) is 0 Å². The molecule has 0 aliphatic carbocycles. The molecule has 19 heavy (non-hydrogen) atoms. The zero-order chi connectivity index (χ0) is 13.7. The molecule has 102 valence electrons. The lowest BCUT2D eigenvalue weighted by Crippen LogP contribution is -2.14. The Morgan fingerprint density at radius 3 is 3.11 bits per heavy atom. The van der Waals surface area contributed by atoms with Crippen molar-refractivity contribution in [2.45, 2.75) is 24.3 Å². The molecule has 0 aliphatic heterocycles. The van der Waals surface area contributed by atoms with E-state index in [-0.39, 0.29) is 17.8 Å². The van der Waals surface area contributed by atoms with Crippen LogP contribution in [0.15, 0.2) is 16.7 Å². The minimum atomic E-state index is -0.151. The van der Waals surface area contributed by atoms with Crippen LogP contribution in [0.5, 0.6) is 5.19 Å². The van der Waals surface area contributed by atoms with E-state index < -0.39 is 0 Å². The fourth-order valence-electron chi connectivity index (χ4n) is 1.13. The van der Waals surface area contributed by atoms with Gasteiger partial charge in [0.15, 0.2) is 4.34 Å². The number of imidazole rings is 1. The number of thioether (sulfide) groups is 1. The SMILES string of the molecule is CC(C)Oc1nnc(SCC(=O)Nc2ncc[nH]2)s1. The highest BCUT2D eigenvalue weighted by atomic mass is 32.2. The first kappa shape index (κ1) is 13.8. The van der Waals surface area contributed by atoms with Crippen LogP contribution < -0.4 is 10.1 Å². The fraction of sp³-hybridized carbons (Fsp3) is 0.400. The van der Waals surface area contributed by atoms with Crippen LogP contribution in [-0.2, 0) is 4.79 Å². The highest BCUT2D eigenvalue weighted by Crippen LogP contribution is 2.27. The van der Waals surface area contributed by atoms with Gasteiger partial charge in [0.1, 0.15) is 0 Å². The van der Waals surface area contributed by atoms with Crippen LogP contribution >= 0.6 is 23.1 Å². The van der Waals surface area contributed by atoms with E-state index in [1.165, 1.54) is 23.1 Å². The summed E-state index contributed by atoms with van der Waals surface area (Å²) < 4.78 is 6.10. The molecule has 0 spiro atoms. The van der Waals surface area contributed by atoms with Gasteiger partial charge in [0.25, 0.3) is 5.19 Å². The summed E-state index contributed by atoms with van der Waals surface area (Å²) in [5.74, 6) is 0.532. The summed E-state index contributed by atoms with van der Waals surface area (Å²) in [4.78, 5) is 18.3. The molecule has 0 atom stereocenters. The average molecular weight is 299 g/mol. The van der Waals surface area contributed by atoms with Crippen molar-refractivity contribution in [3.63, 3.8) is 0 Å². The summed E-state index contributed by atoms with van der Waals surface area (Å²) in [5.41, 5.74) is 0. The van der Waals surface area contributed by atoms with Gasteiger partial charge in [-0.1, -0.05) is 16.9 Å². The summed E-state index contributed by atoms with van der Waals surface area (Å²) in [6.45, 7) is 3.84. The van der Waals surface area contributed by atoms with Gasteiger partial charge in [-0.2, -0.15) is 0 Å². The summed E-state index contributed by atoms with van der Waals surface area (Å²) in [6.07, 6.45) is 3.28. The van der Waals surface area contributed by atoms with Gasteiger partial charge in [-0.15, -0.1) is 5.10 Å². The number of anilines is 1. The number of H-pyrrole nitrogens is 1. The average Bonchev–Trinajstić information content (AvgIpc) is 2.97. The standard InChI is InChI=1S/C10H13N5O2S2/c1-6(2)17-9-14-15-10(19-9)18-5-7(16)13-8-11-3-4-12-8/h3-4,6H,5H2,1-2H3,(H2,11,12,13,16). The molecule has 9 heteroatoms. The number of nitrogens with one attached hydrogen (secondary N) is 2. The van der Waals surface area contributed by atoms with Gasteiger partial charge >= 0.3 is 0 Å². The van der Waals surface area contributed by atoms with E-state index >= 15 is 0 Å². The first-order chi connectivity index (χ1) is 9.13. The minimum absolute atomic E-state index is 0.0630. The van der Waals surface area contributed by atoms with Gasteiger partial charge < -0.3 is 9.72 Å². The Morgan fingerprint density at radius 1 is 1.58 bits per heavy atom. The van der Waals surface area contributed by atoms with Crippen molar-refractivity contribution in [1.29, 1.82) is 0 Å². The number of amides is 1. The Bertz CT molecular complexity index is 526. The Kier molecular flexibility index (Phi) is 4.74. The van der Waals surface area contributed by atoms with Crippen molar-refractivity contribution in [3.8, 4) is 5.19 Å². The van der Waals surface area contributed by atoms with Gasteiger partial charge in [-0.05, 0) is 25.2 Å². The predicted molar refractivity (Wildman–Crippen MR) is 73.6 cm³/mol. The third-order valence-corrected chi connectivity index (χ3v) is 3.75. The van der Waals surface area contributed by atoms with Gasteiger partial charge in [-0.25, -0.2) is 4.98 Å². The quantitative estimate of drug-likeness (QED) is 0.790. The largest absolute Gasteiger partial charge is 0.466 e. The molecule has 0 saturated heterocycles. The Hall–Kier alpha value is -1.61. The van der Waals surface area contributed by atoms with Crippen LogP contribution in [0.4, 0.5) is 5.95 Å². The first-order valence-electron chi connectivity index (χ1n) is 5.55. The molecule has 0 bridgehead atoms. The number of ether oxygens (including phenoxy) is 1. The number of rotatable bonds is 6. The molecule has 2 heterocycles. The lowest BCUT2D eigenvalue weighted by molar-refractivity contribution is -0.113. The van der Waals surface area contributed by atoms with E-state index in [0.29, 0.717) is 15.5 Å². The van der Waals surface area contributed by atoms with Crippen LogP contribution in [-0.4, -0.2) is 37.9 Å². The Balaban J connectivity index is 1.78. The van der Waals surface area contributed by atoms with Gasteiger partial charge in [0.05, 0.1) is 11.9 Å². The maximum atomic E-state index is 11.6. The normalized spacial score (nSPS) is 10.7. The maximum absolute atomic E-state index is 11.6. The number of carbonyl (C=O) groups excluding carboxylic acids is 1. The first-order valence-corrected chi connectivity index (χ1v) is 7.36. The lowest BCUT2D eigenvalue weighted by atomic mass is 10.5. The second-order valence-corrected chi connectivity index (χ2v) is 5.94. The fourth-order valence-corrected chi connectivity index (χ4v) is 2.74. The topological polar surface area (TPSA) is 92.8 Å². The van der Waals surface area contributed by atoms with Crippen LogP contribution in [0.2, 0.25) is 0 Å². The number of aromatic amines is 1. The van der Waals surface area contributed by atoms with E-state index in [0.717, 1.165) is 0 Å². The molecular weight excluding hydrogens is 286 g/mol. The number of hydrogen-bond acceptors (Lipinski definition) is 7. The van der Waals surface area contributed by atoms with Crippen LogP contribution in [0.25, 0.3) is 0 Å². The summed E-state index contributed by atoms with van der Waals surface area (Å²) in [7, 11) is 0. The van der Waals surface area contributed by atoms with Crippen molar-refractivity contribution in [2.75, 3.05) is 11.1 Å². The molecule has 0 radical (unpaired) electrons. The number of nitrogens with zero attached hydrogens (tertiary/aromatic N) is 3. The van der Waals surface area contributed by atoms with E-state index in [2.05, 4.69) is 25.5 Å². The monoisotopic (exact) mass is 299 g/mol. The number of aromatic nitrogens is 4. The second-order valence-electron chi connectivity index (χ2n) is 3.78. The smallest absolute Gasteiger partial charge is 0.295 e. The van der Waals surface area contributed by atoms with Crippen molar-refractivity contribution in [1.82, 2.24) is 20.2 Å². The van der Waals surface area contributed by atoms with E-state index in [1.54, 1.807) is 12.4 Å². The van der Waals surface area contributed by atoms with Crippen LogP contribution in [0, 0.1) is 0 Å². The predicted octanol–water partition coefficient (Wildman–Crippen LogP) is 1.78. The van der Waals surface area contributed by atoms with E-state index in [9.17, 15) is 4.79 Å². The maximum Gasteiger partial charge on any atom is 0.295 e. The van der Waals surface area contributed by atoms with Crippen molar-refractivity contribution in [3.05, 3.63) is 12.4 Å². The Morgan fingerprint density at radius 2 is 2.42 bits per heavy atom. The Labute approximate surface area is 118 Å². The molecule has 0 aliphatic rings. The summed E-state index contributed by atoms with van der Waals surface area (Å²) in [5, 5.41) is 11.0. The molecule has 2 rings (SSSR count). The van der Waals surface area contributed by atoms with Gasteiger partial charge in [-0.3, -0.25) is 10.1 Å². The number of carbonyl (C=O) groups is 1. The molecule has 2 N–H and O–H groups in total. The summed E-state index contributed by atoms with van der Waals surface area (Å²) >= 11 is 2.64. The highest BCUT2D eigenvalue weighted by Gasteiger charge is 2.10. The molecule has 1 amide bonds. The van der Waals surface area contributed by atoms with E-state index in [1.807, 2.05) is 13.8 Å². The van der Waals surface area contributed by atoms with Crippen molar-refractivity contribution >= 4 is 35.0 Å². The zero-order valence-corrected chi connectivity index (χ0v) is 12.0. The zero-order valence-electron chi connectivity index (χ0n) is 10.4. The number of hydrogen-bond donors (Lipinski definition) is 2. The molecule has 2 aromatic heterocycles. The van der Waals surface area contributed by atoms with E-state index in [4.69, 9.17) is 4.74 Å². The van der Waals surface area contributed by atoms with Crippen LogP contribution in [0.1, 0.15) is 13.8 Å². The molecule has 0 fully saturated rings. The molecule has 2 aromatic rings. The molecule has 7 nitrogen and oxygen atoms in total. The molecule has 0 aromatic carbocycles. The van der Waals surface area contributed by atoms with Gasteiger partial charge in [0.2, 0.25) is 11.9 Å². The van der Waals surface area contributed by atoms with Crippen molar-refractivity contribution < 1.29 is 9.53 Å². The second kappa shape index (κ2) is 6.53. The molecular formula is C10H13N5O2S2. The van der Waals surface area contributed by atoms with Gasteiger partial charge in [0, 0.05) is 12.4 Å². The third kappa shape index (κ3) is 4.52. The highest BCUT2D eigenvalue weighted by molar-refractivity contribution is 8.01.